The van der Waals surface area contributed by atoms with Gasteiger partial charge in [-0.15, -0.1) is 11.3 Å². The van der Waals surface area contributed by atoms with Crippen LogP contribution in [0.2, 0.25) is 0 Å². The minimum Gasteiger partial charge on any atom is -0.324 e. The number of para-hydroxylation sites is 6. The number of aromatic nitrogens is 5. The molecule has 0 bridgehead atoms. The molecule has 26 aromatic rings. The molecule has 1 N–H and O–H groups in total. The van der Waals surface area contributed by atoms with Gasteiger partial charge in [0.15, 0.2) is 0 Å². The highest BCUT2D eigenvalue weighted by Gasteiger charge is 2.35. The van der Waals surface area contributed by atoms with E-state index in [0.717, 1.165) is 47.9 Å². The molecule has 5 heterocycles. The van der Waals surface area contributed by atoms with Crippen molar-refractivity contribution < 1.29 is 0 Å². The van der Waals surface area contributed by atoms with E-state index in [1.54, 1.807) is 0 Å². The van der Waals surface area contributed by atoms with Gasteiger partial charge in [-0.05, 0) is 217 Å². The molecule has 0 radical (unpaired) electrons. The van der Waals surface area contributed by atoms with E-state index >= 15 is 0 Å². The number of fused-ring (bicyclic) bond motifs is 16. The lowest BCUT2D eigenvalue weighted by molar-refractivity contribution is 0.659. The van der Waals surface area contributed by atoms with E-state index in [-0.39, 0.29) is 5.41 Å². The van der Waals surface area contributed by atoms with Crippen LogP contribution in [0.15, 0.2) is 528 Å². The molecule has 6 nitrogen and oxygen atoms in total. The van der Waals surface area contributed by atoms with Crippen LogP contribution in [-0.2, 0) is 31.1 Å². The predicted octanol–water partition coefficient (Wildman–Crippen LogP) is 35.4. The molecule has 21 aromatic carbocycles. The van der Waals surface area contributed by atoms with Crippen molar-refractivity contribution in [3.8, 4) is 61.6 Å². The quantitative estimate of drug-likeness (QED) is 0.105. The molecular weight excluding hydrogens is 1740 g/mol. The van der Waals surface area contributed by atoms with E-state index in [1.165, 1.54) is 197 Å². The van der Waals surface area contributed by atoms with Gasteiger partial charge in [-0.1, -0.05) is 438 Å². The van der Waals surface area contributed by atoms with Crippen molar-refractivity contribution in [2.45, 2.75) is 44.9 Å². The van der Waals surface area contributed by atoms with Gasteiger partial charge in [-0.25, -0.2) is 9.97 Å². The molecule has 1 aliphatic carbocycles. The molecule has 0 spiro atoms. The number of hydrogen-bond acceptors (Lipinski definition) is 4. The van der Waals surface area contributed by atoms with Crippen LogP contribution in [0.3, 0.4) is 0 Å². The van der Waals surface area contributed by atoms with E-state index in [1.807, 2.05) is 66.2 Å². The number of thiophene rings is 1. The summed E-state index contributed by atoms with van der Waals surface area (Å²) < 4.78 is 9.93. The van der Waals surface area contributed by atoms with Crippen LogP contribution in [0.4, 0.5) is 11.6 Å². The molecule has 142 heavy (non-hydrogen) atoms. The van der Waals surface area contributed by atoms with Crippen LogP contribution >= 0.6 is 11.3 Å². The zero-order valence-electron chi connectivity index (χ0n) is 79.2. The average Bonchev–Trinajstić information content (AvgIpc) is 1.58. The Labute approximate surface area is 832 Å². The van der Waals surface area contributed by atoms with Crippen LogP contribution in [0.25, 0.3) is 158 Å². The molecule has 0 unspecified atom stereocenters. The number of benzene rings is 21. The first-order valence-electron chi connectivity index (χ1n) is 49.0. The molecule has 27 rings (SSSR count). The molecule has 0 saturated carbocycles. The summed E-state index contributed by atoms with van der Waals surface area (Å²) in [5.74, 6) is 0.598. The van der Waals surface area contributed by atoms with Gasteiger partial charge in [0.25, 0.3) is 0 Å². The minimum absolute atomic E-state index is 0.0686. The SMILES string of the molecule is CC1(C)c2ccccc2-c2ccc(Cc3ccc(-c4ccccc4)cc3)cc21.c1ccc(-c2ccc(Cc3ccc4c5ccccc5n(-c5ccccc5)c4c3)cc2)cc1.c1ccc(-c2cnc(Nc3cccc4ccccc34)nc2)cc1.c1ccc(-n2c3ccccc3c3ccc(Cc4ccc5c6ccccc6n(-c6ccccc6)c5c4)cc32)cc1.c1ccc(Cc2ccc3c(c2)sc2ccccc23)cc1. The first kappa shape index (κ1) is 88.4. The Balaban J connectivity index is 0.000000100. The predicted molar refractivity (Wildman–Crippen MR) is 602 cm³/mol. The van der Waals surface area contributed by atoms with Gasteiger partial charge in [0.05, 0.1) is 33.1 Å². The second-order valence-electron chi connectivity index (χ2n) is 37.2. The standard InChI is InChI=1S/C37H26N2.C31H23N.C28H24.C20H15N3.C19H14S/c1-3-11-28(12-4-1)38-34-17-9-7-15-30(34)32-21-19-26(24-36(32)38)23-27-20-22-33-31-16-8-10-18-35(31)39(37(33)25-27)29-13-5-2-6-14-29;1-3-9-25(10-4-1)26-18-15-23(16-19-26)21-24-17-20-29-28-13-7-8-14-30(28)32(31(29)22-24)27-11-5-2-6-12-27;1-28(2)26-11-7-6-10-24(26)25-17-14-21(19-27(25)28)18-20-12-15-23(16-13-20)22-8-4-3-5-9-22;1-2-7-15(8-3-1)17-13-21-20(22-14-17)23-19-12-6-10-16-9-4-5-11-18(16)19;1-2-6-14(7-3-1)12-15-10-11-17-16-8-4-5-9-18(16)20-19(17)13-15/h1-22,24-25H,23H2;1-20,22H,21H2;3-17,19H,18H2,1-2H3;1-14H,(H,21,22,23);1-11,13H,12H2. The Morgan fingerprint density at radius 3 is 1.01 bits per heavy atom. The van der Waals surface area contributed by atoms with Crippen LogP contribution < -0.4 is 5.32 Å². The first-order chi connectivity index (χ1) is 70.1. The van der Waals surface area contributed by atoms with Gasteiger partial charge in [0.2, 0.25) is 5.95 Å². The lowest BCUT2D eigenvalue weighted by Crippen LogP contribution is -2.15. The van der Waals surface area contributed by atoms with E-state index in [9.17, 15) is 0 Å². The lowest BCUT2D eigenvalue weighted by atomic mass is 9.81. The zero-order chi connectivity index (χ0) is 95.1. The summed E-state index contributed by atoms with van der Waals surface area (Å²) >= 11 is 1.89. The Kier molecular flexibility index (Phi) is 24.8. The van der Waals surface area contributed by atoms with Gasteiger partial charge in [0.1, 0.15) is 0 Å². The zero-order valence-corrected chi connectivity index (χ0v) is 80.0. The second-order valence-corrected chi connectivity index (χ2v) is 38.3. The third-order valence-corrected chi connectivity index (χ3v) is 28.9. The highest BCUT2D eigenvalue weighted by Crippen LogP contribution is 2.50. The Hall–Kier alpha value is -17.6. The fourth-order valence-electron chi connectivity index (χ4n) is 20.7. The average molecular weight is 1840 g/mol. The fraction of sp³-hybridized carbons (Fsp3) is 0.0519. The van der Waals surface area contributed by atoms with Crippen molar-refractivity contribution >= 4 is 119 Å². The van der Waals surface area contributed by atoms with Crippen molar-refractivity contribution in [2.24, 2.45) is 0 Å². The molecule has 0 amide bonds. The van der Waals surface area contributed by atoms with Crippen LogP contribution in [0.5, 0.6) is 0 Å². The van der Waals surface area contributed by atoms with Crippen LogP contribution in [-0.4, -0.2) is 23.7 Å². The van der Waals surface area contributed by atoms with Crippen LogP contribution in [0.1, 0.15) is 69.5 Å². The number of nitrogens with one attached hydrogen (secondary N) is 1. The van der Waals surface area contributed by atoms with Crippen molar-refractivity contribution in [3.63, 3.8) is 0 Å². The summed E-state index contributed by atoms with van der Waals surface area (Å²) in [6.07, 6.45) is 7.45. The largest absolute Gasteiger partial charge is 0.324 e. The van der Waals surface area contributed by atoms with Gasteiger partial charge in [-0.3, -0.25) is 0 Å². The summed E-state index contributed by atoms with van der Waals surface area (Å²) in [6.45, 7) is 4.69. The van der Waals surface area contributed by atoms with Gasteiger partial charge >= 0.3 is 0 Å². The Morgan fingerprint density at radius 1 is 0.218 bits per heavy atom. The molecule has 0 fully saturated rings. The maximum absolute atomic E-state index is 4.43. The topological polar surface area (TPSA) is 52.6 Å². The highest BCUT2D eigenvalue weighted by molar-refractivity contribution is 7.25. The van der Waals surface area contributed by atoms with Gasteiger partial charge < -0.3 is 19.0 Å². The van der Waals surface area contributed by atoms with Crippen molar-refractivity contribution in [2.75, 3.05) is 5.32 Å². The van der Waals surface area contributed by atoms with E-state index in [2.05, 4.69) is 516 Å². The normalized spacial score (nSPS) is 11.8. The monoisotopic (exact) mass is 1840 g/mol. The third-order valence-electron chi connectivity index (χ3n) is 27.7. The molecule has 7 heteroatoms. The van der Waals surface area contributed by atoms with Crippen LogP contribution in [0, 0.1) is 0 Å². The Bertz CT molecular complexity index is 8800. The summed E-state index contributed by atoms with van der Waals surface area (Å²) in [4.78, 5) is 8.87. The molecule has 1 aliphatic rings. The fourth-order valence-corrected chi connectivity index (χ4v) is 21.9. The third kappa shape index (κ3) is 18.4. The molecule has 0 aliphatic heterocycles. The summed E-state index contributed by atoms with van der Waals surface area (Å²) in [5.41, 5.74) is 35.8. The number of nitrogens with zero attached hydrogens (tertiary/aromatic N) is 5. The van der Waals surface area contributed by atoms with E-state index in [0.29, 0.717) is 5.95 Å². The maximum atomic E-state index is 4.43. The summed E-state index contributed by atoms with van der Waals surface area (Å²) in [7, 11) is 0. The lowest BCUT2D eigenvalue weighted by Gasteiger charge is -2.22. The second kappa shape index (κ2) is 39.8. The van der Waals surface area contributed by atoms with Crippen molar-refractivity contribution in [1.82, 2.24) is 23.7 Å². The first-order valence-corrected chi connectivity index (χ1v) is 49.8. The van der Waals surface area contributed by atoms with E-state index < -0.39 is 0 Å². The van der Waals surface area contributed by atoms with Crippen molar-refractivity contribution in [1.29, 1.82) is 0 Å². The minimum atomic E-state index is 0.0686. The maximum Gasteiger partial charge on any atom is 0.227 e. The highest BCUT2D eigenvalue weighted by atomic mass is 32.1. The smallest absolute Gasteiger partial charge is 0.227 e. The van der Waals surface area contributed by atoms with Gasteiger partial charge in [-0.2, -0.15) is 0 Å². The van der Waals surface area contributed by atoms with E-state index in [4.69, 9.17) is 0 Å². The molecule has 678 valence electrons. The number of anilines is 2. The number of hydrogen-bond donors (Lipinski definition) is 1. The molecular formula is C135H102N6S. The van der Waals surface area contributed by atoms with Gasteiger partial charge in [0, 0.05) is 104 Å². The summed E-state index contributed by atoms with van der Waals surface area (Å²) in [6, 6.07) is 185. The summed E-state index contributed by atoms with van der Waals surface area (Å²) in [5, 5.41) is 16.2. The molecule has 0 saturated heterocycles. The number of rotatable bonds is 16. The molecule has 0 atom stereocenters. The van der Waals surface area contributed by atoms with Crippen molar-refractivity contribution in [3.05, 3.63) is 584 Å². The molecule has 5 aromatic heterocycles. The Morgan fingerprint density at radius 2 is 0.535 bits per heavy atom.